The summed E-state index contributed by atoms with van der Waals surface area (Å²) in [5.74, 6) is 2.75. The van der Waals surface area contributed by atoms with Crippen LogP contribution in [0.5, 0.6) is 0 Å². The molecule has 8 heterocycles. The molecule has 0 bridgehead atoms. The Bertz CT molecular complexity index is 6070. The first-order chi connectivity index (χ1) is 61.2. The van der Waals surface area contributed by atoms with Crippen molar-refractivity contribution < 1.29 is 38.4 Å². The first kappa shape index (κ1) is 89.7. The van der Waals surface area contributed by atoms with Crippen molar-refractivity contribution in [1.29, 1.82) is 0 Å². The third kappa shape index (κ3) is 24.5. The number of hydrogen-bond acceptors (Lipinski definition) is 20. The van der Waals surface area contributed by atoms with E-state index in [0.29, 0.717) is 90.5 Å². The van der Waals surface area contributed by atoms with Crippen molar-refractivity contribution in [2.45, 2.75) is 19.8 Å². The molecule has 16 rings (SSSR count). The minimum Gasteiger partial charge on any atom is -0.370 e. The van der Waals surface area contributed by atoms with Crippen LogP contribution in [0.15, 0.2) is 305 Å². The summed E-state index contributed by atoms with van der Waals surface area (Å²) in [6.45, 7) is 9.87. The molecule has 32 heteroatoms. The van der Waals surface area contributed by atoms with Crippen molar-refractivity contribution in [2.75, 3.05) is 116 Å². The molecule has 0 radical (unpaired) electrons. The van der Waals surface area contributed by atoms with Gasteiger partial charge < -0.3 is 62.6 Å². The van der Waals surface area contributed by atoms with Gasteiger partial charge in [0.05, 0.1) is 58.1 Å². The molecule has 12 aromatic rings. The SMILES string of the molecule is CCN1CCN=C1c1ccc(C(=O)Nc2ccccc2C(=O)Nc2ccc(Br)cn2)cc1.CN1CCCN=C1c1ccc(C(=O)Nc2ccccc2C(=O)Nc2ccc(Br)cn2)cc1.CN1CCN=C1c1ccc(C(=O)Nc2ccccc2C(=O)Nc2ccc(Br)cn2)cc1.O=C(Nc1ccccc1C(=O)Nc1ccc(Br)cn1)c1ccc(C2=NCCCN2)cc1. The van der Waals surface area contributed by atoms with Crippen LogP contribution in [-0.4, -0.2) is 178 Å². The number of rotatable bonds is 21. The average molecular weight is 1940 g/mol. The molecule has 0 atom stereocenters. The summed E-state index contributed by atoms with van der Waals surface area (Å²) in [4.78, 5) is 143. The lowest BCUT2D eigenvalue weighted by molar-refractivity contribution is 0.101. The maximum absolute atomic E-state index is 12.8. The molecule has 4 aromatic heterocycles. The zero-order valence-electron chi connectivity index (χ0n) is 68.4. The van der Waals surface area contributed by atoms with E-state index in [0.717, 1.165) is 135 Å². The number of aliphatic imine (C=N–C) groups is 4. The van der Waals surface area contributed by atoms with Crippen LogP contribution in [0, 0.1) is 0 Å². The topological polar surface area (TPSA) is 356 Å². The number of hydrogen-bond donors (Lipinski definition) is 9. The highest BCUT2D eigenvalue weighted by Crippen LogP contribution is 2.27. The van der Waals surface area contributed by atoms with Crippen LogP contribution >= 0.6 is 63.7 Å². The molecule has 126 heavy (non-hydrogen) atoms. The van der Waals surface area contributed by atoms with E-state index < -0.39 is 0 Å². The maximum Gasteiger partial charge on any atom is 0.258 e. The van der Waals surface area contributed by atoms with E-state index in [9.17, 15) is 38.4 Å². The van der Waals surface area contributed by atoms with Crippen molar-refractivity contribution in [3.05, 3.63) is 352 Å². The highest BCUT2D eigenvalue weighted by atomic mass is 79.9. The number of nitrogens with zero attached hydrogens (tertiary/aromatic N) is 11. The van der Waals surface area contributed by atoms with Gasteiger partial charge in [0.25, 0.3) is 47.3 Å². The van der Waals surface area contributed by atoms with Crippen LogP contribution in [0.2, 0.25) is 0 Å². The number of aromatic nitrogens is 4. The molecule has 0 unspecified atom stereocenters. The first-order valence-electron chi connectivity index (χ1n) is 40.0. The van der Waals surface area contributed by atoms with E-state index >= 15 is 0 Å². The number of halogens is 4. The van der Waals surface area contributed by atoms with Crippen molar-refractivity contribution in [3.63, 3.8) is 0 Å². The van der Waals surface area contributed by atoms with Crippen molar-refractivity contribution in [1.82, 2.24) is 40.0 Å². The Hall–Kier alpha value is -14.1. The number of benzene rings is 8. The number of likely N-dealkylation sites (N-methyl/N-ethyl adjacent to an activating group) is 2. The van der Waals surface area contributed by atoms with Gasteiger partial charge in [0.1, 0.15) is 46.6 Å². The lowest BCUT2D eigenvalue weighted by Crippen LogP contribution is -2.32. The maximum atomic E-state index is 12.8. The average Bonchev–Trinajstić information content (AvgIpc) is 1.26. The Kier molecular flexibility index (Phi) is 31.2. The normalized spacial score (nSPS) is 13.1. The van der Waals surface area contributed by atoms with Gasteiger partial charge in [-0.25, -0.2) is 19.9 Å². The largest absolute Gasteiger partial charge is 0.370 e. The summed E-state index contributed by atoms with van der Waals surface area (Å²) in [7, 11) is 4.02. The van der Waals surface area contributed by atoms with Gasteiger partial charge in [-0.2, -0.15) is 0 Å². The smallest absolute Gasteiger partial charge is 0.258 e. The molecular weight excluding hydrogens is 1860 g/mol. The fourth-order valence-corrected chi connectivity index (χ4v) is 14.2. The minimum atomic E-state index is -0.359. The van der Waals surface area contributed by atoms with Crippen LogP contribution in [0.4, 0.5) is 46.0 Å². The molecule has 0 saturated carbocycles. The van der Waals surface area contributed by atoms with E-state index in [2.05, 4.69) is 173 Å². The van der Waals surface area contributed by atoms with Crippen molar-refractivity contribution >= 4 is 180 Å². The second kappa shape index (κ2) is 43.8. The highest BCUT2D eigenvalue weighted by molar-refractivity contribution is 9.11. The molecule has 9 N–H and O–H groups in total. The molecule has 0 saturated heterocycles. The van der Waals surface area contributed by atoms with Gasteiger partial charge in [-0.05, 0) is 229 Å². The third-order valence-electron chi connectivity index (χ3n) is 19.7. The number of para-hydroxylation sites is 4. The van der Waals surface area contributed by atoms with Crippen LogP contribution in [0.25, 0.3) is 0 Å². The Balaban J connectivity index is 0.000000144. The Morgan fingerprint density at radius 2 is 0.603 bits per heavy atom. The highest BCUT2D eigenvalue weighted by Gasteiger charge is 2.24. The molecule has 636 valence electrons. The minimum absolute atomic E-state index is 0.292. The van der Waals surface area contributed by atoms with E-state index in [4.69, 9.17) is 0 Å². The summed E-state index contributed by atoms with van der Waals surface area (Å²) >= 11 is 13.3. The molecule has 4 aliphatic heterocycles. The lowest BCUT2D eigenvalue weighted by atomic mass is 10.1. The second-order valence-corrected chi connectivity index (χ2v) is 32.1. The summed E-state index contributed by atoms with van der Waals surface area (Å²) in [5, 5.41) is 25.6. The third-order valence-corrected chi connectivity index (χ3v) is 21.6. The summed E-state index contributed by atoms with van der Waals surface area (Å²) in [5.41, 5.74) is 8.94. The number of carbonyl (C=O) groups excluding carboxylic acids is 8. The van der Waals surface area contributed by atoms with E-state index in [1.54, 1.807) is 219 Å². The molecule has 0 spiro atoms. The quantitative estimate of drug-likeness (QED) is 0.0323. The summed E-state index contributed by atoms with van der Waals surface area (Å²) in [6, 6.07) is 70.5. The molecule has 8 amide bonds. The number of amides is 8. The Morgan fingerprint density at radius 3 is 0.897 bits per heavy atom. The fraction of sp³-hybridized carbons (Fsp3) is 0.149. The summed E-state index contributed by atoms with van der Waals surface area (Å²) in [6.07, 6.45) is 8.47. The van der Waals surface area contributed by atoms with E-state index in [1.807, 2.05) is 62.6 Å². The molecule has 28 nitrogen and oxygen atoms in total. The van der Waals surface area contributed by atoms with Crippen LogP contribution in [0.1, 0.15) is 125 Å². The monoisotopic (exact) mass is 1940 g/mol. The van der Waals surface area contributed by atoms with Crippen molar-refractivity contribution in [3.8, 4) is 0 Å². The van der Waals surface area contributed by atoms with Crippen LogP contribution in [0.3, 0.4) is 0 Å². The number of pyridine rings is 4. The van der Waals surface area contributed by atoms with Gasteiger partial charge in [-0.15, -0.1) is 0 Å². The molecular formula is C94H84Br4N20O8. The zero-order valence-corrected chi connectivity index (χ0v) is 74.7. The Labute approximate surface area is 760 Å². The number of anilines is 8. The molecule has 8 aromatic carbocycles. The Morgan fingerprint density at radius 1 is 0.310 bits per heavy atom. The van der Waals surface area contributed by atoms with Crippen LogP contribution < -0.4 is 47.9 Å². The van der Waals surface area contributed by atoms with Gasteiger partial charge in [0, 0.05) is 147 Å². The van der Waals surface area contributed by atoms with Gasteiger partial charge >= 0.3 is 0 Å². The first-order valence-corrected chi connectivity index (χ1v) is 43.2. The summed E-state index contributed by atoms with van der Waals surface area (Å²) < 4.78 is 3.26. The van der Waals surface area contributed by atoms with Gasteiger partial charge in [-0.3, -0.25) is 58.3 Å². The fourth-order valence-electron chi connectivity index (χ4n) is 13.2. The van der Waals surface area contributed by atoms with Crippen LogP contribution in [-0.2, 0) is 0 Å². The van der Waals surface area contributed by atoms with Gasteiger partial charge in [-0.1, -0.05) is 97.1 Å². The lowest BCUT2D eigenvalue weighted by Gasteiger charge is -2.25. The van der Waals surface area contributed by atoms with E-state index in [-0.39, 0.29) is 47.3 Å². The number of carbonyl (C=O) groups is 8. The van der Waals surface area contributed by atoms with Crippen molar-refractivity contribution in [2.24, 2.45) is 20.0 Å². The number of nitrogens with one attached hydrogen (secondary N) is 9. The predicted octanol–water partition coefficient (Wildman–Crippen LogP) is 17.0. The van der Waals surface area contributed by atoms with E-state index in [1.165, 1.54) is 0 Å². The molecule has 0 aliphatic carbocycles. The molecule has 0 fully saturated rings. The van der Waals surface area contributed by atoms with Gasteiger partial charge in [0.15, 0.2) is 0 Å². The standard InChI is InChI=1S/2C24H22BrN5O2.2C23H20BrN5O2/c1-30-14-4-13-26-22(30)16-7-9-17(10-8-16)23(31)28-20-6-3-2-5-19(20)24(32)29-21-12-11-18(25)15-27-21;1-2-30-14-13-26-22(30)16-7-9-17(10-8-16)23(31)28-20-6-4-3-5-19(20)24(32)29-21-12-11-18(25)15-27-21;1-29-13-12-25-21(29)15-6-8-16(9-7-15)22(30)27-19-5-3-2-4-18(19)23(31)28-20-11-10-17(24)14-26-20;24-17-10-11-20(27-14-17)29-23(31)18-4-1-2-5-19(18)28-22(30)16-8-6-15(7-9-16)21-25-12-3-13-26-21/h2-3,5-12,15H,4,13-14H2,1H3,(H,28,31)(H,27,29,32);3-12,15H,2,13-14H2,1H3,(H,28,31)(H,27,29,32);2-11,14H,12-13H2,1H3,(H,27,30)(H,26,28,31);1-2,4-11,14H,3,12-13H2,(H,25,26)(H,28,30)(H,27,29,31). The zero-order chi connectivity index (χ0) is 88.4. The predicted molar refractivity (Wildman–Crippen MR) is 508 cm³/mol. The molecule has 4 aliphatic rings. The second-order valence-electron chi connectivity index (χ2n) is 28.5. The number of amidine groups is 4. The van der Waals surface area contributed by atoms with Gasteiger partial charge in [0.2, 0.25) is 0 Å².